The van der Waals surface area contributed by atoms with Crippen LogP contribution in [0.25, 0.3) is 5.57 Å². The van der Waals surface area contributed by atoms with Gasteiger partial charge in [0.1, 0.15) is 5.82 Å². The first kappa shape index (κ1) is 13.5. The van der Waals surface area contributed by atoms with E-state index in [0.29, 0.717) is 6.54 Å². The fourth-order valence-corrected chi connectivity index (χ4v) is 2.02. The number of aliphatic hydroxyl groups is 1. The number of nitrogens with zero attached hydrogens (tertiary/aromatic N) is 2. The van der Waals surface area contributed by atoms with E-state index in [1.165, 1.54) is 12.1 Å². The minimum atomic E-state index is -0.806. The zero-order valence-corrected chi connectivity index (χ0v) is 11.1. The van der Waals surface area contributed by atoms with Gasteiger partial charge in [0.05, 0.1) is 12.8 Å². The topological polar surface area (TPSA) is 35.8 Å². The van der Waals surface area contributed by atoms with Gasteiger partial charge < -0.3 is 5.11 Å². The molecule has 1 N–H and O–H groups in total. The summed E-state index contributed by atoms with van der Waals surface area (Å²) in [4.78, 5) is 0. The second kappa shape index (κ2) is 5.36. The molecule has 1 aromatic carbocycles. The maximum absolute atomic E-state index is 13.2. The SMILES string of the molecule is C=C(C)CN1N=CC(c2cccc(F)c2)=C(C)C1O. The van der Waals surface area contributed by atoms with Crippen LogP contribution >= 0.6 is 0 Å². The molecule has 1 aliphatic rings. The number of halogens is 1. The second-order valence-corrected chi connectivity index (χ2v) is 4.78. The Balaban J connectivity index is 2.31. The third kappa shape index (κ3) is 2.90. The van der Waals surface area contributed by atoms with Gasteiger partial charge in [0.15, 0.2) is 6.23 Å². The van der Waals surface area contributed by atoms with Crippen molar-refractivity contribution >= 4 is 11.8 Å². The molecule has 1 aliphatic heterocycles. The van der Waals surface area contributed by atoms with Crippen LogP contribution in [0, 0.1) is 5.82 Å². The molecule has 0 saturated heterocycles. The lowest BCUT2D eigenvalue weighted by atomic mass is 9.99. The summed E-state index contributed by atoms with van der Waals surface area (Å²) >= 11 is 0. The lowest BCUT2D eigenvalue weighted by Gasteiger charge is -2.30. The molecule has 100 valence electrons. The van der Waals surface area contributed by atoms with Gasteiger partial charge in [0.25, 0.3) is 0 Å². The zero-order chi connectivity index (χ0) is 14.0. The van der Waals surface area contributed by atoms with Crippen molar-refractivity contribution in [1.82, 2.24) is 5.01 Å². The summed E-state index contributed by atoms with van der Waals surface area (Å²) in [6.07, 6.45) is 0.847. The van der Waals surface area contributed by atoms with E-state index >= 15 is 0 Å². The van der Waals surface area contributed by atoms with E-state index in [1.54, 1.807) is 23.4 Å². The Bertz CT molecular complexity index is 563. The van der Waals surface area contributed by atoms with Crippen molar-refractivity contribution in [3.8, 4) is 0 Å². The maximum atomic E-state index is 13.2. The quantitative estimate of drug-likeness (QED) is 0.848. The molecule has 4 heteroatoms. The van der Waals surface area contributed by atoms with Gasteiger partial charge in [-0.3, -0.25) is 5.01 Å². The highest BCUT2D eigenvalue weighted by Crippen LogP contribution is 2.25. The van der Waals surface area contributed by atoms with Crippen LogP contribution in [-0.4, -0.2) is 29.1 Å². The zero-order valence-electron chi connectivity index (χ0n) is 11.1. The number of rotatable bonds is 3. The molecule has 1 heterocycles. The molecule has 0 bridgehead atoms. The van der Waals surface area contributed by atoms with Crippen molar-refractivity contribution in [2.75, 3.05) is 6.54 Å². The van der Waals surface area contributed by atoms with Gasteiger partial charge in [-0.2, -0.15) is 5.10 Å². The average molecular weight is 260 g/mol. The minimum absolute atomic E-state index is 0.301. The van der Waals surface area contributed by atoms with E-state index in [4.69, 9.17) is 0 Å². The van der Waals surface area contributed by atoms with Gasteiger partial charge in [-0.15, -0.1) is 0 Å². The third-order valence-corrected chi connectivity index (χ3v) is 3.00. The summed E-state index contributed by atoms with van der Waals surface area (Å²) in [6, 6.07) is 6.27. The van der Waals surface area contributed by atoms with Crippen LogP contribution in [0.2, 0.25) is 0 Å². The number of hydrogen-bond acceptors (Lipinski definition) is 3. The molecular formula is C15H17FN2O. The monoisotopic (exact) mass is 260 g/mol. The Hall–Kier alpha value is -1.94. The van der Waals surface area contributed by atoms with Crippen molar-refractivity contribution in [2.24, 2.45) is 5.10 Å². The first-order valence-electron chi connectivity index (χ1n) is 6.09. The van der Waals surface area contributed by atoms with Crippen molar-refractivity contribution in [3.05, 3.63) is 53.4 Å². The van der Waals surface area contributed by atoms with E-state index in [1.807, 2.05) is 13.8 Å². The first-order valence-corrected chi connectivity index (χ1v) is 6.09. The molecule has 0 radical (unpaired) electrons. The fourth-order valence-electron chi connectivity index (χ4n) is 2.02. The summed E-state index contributed by atoms with van der Waals surface area (Å²) in [6.45, 7) is 8.00. The Morgan fingerprint density at radius 2 is 2.26 bits per heavy atom. The van der Waals surface area contributed by atoms with Crippen LogP contribution < -0.4 is 0 Å². The van der Waals surface area contributed by atoms with Gasteiger partial charge in [-0.25, -0.2) is 4.39 Å². The fraction of sp³-hybridized carbons (Fsp3) is 0.267. The predicted octanol–water partition coefficient (Wildman–Crippen LogP) is 2.80. The molecule has 1 unspecified atom stereocenters. The first-order chi connectivity index (χ1) is 8.99. The molecule has 0 spiro atoms. The summed E-state index contributed by atoms with van der Waals surface area (Å²) < 4.78 is 13.2. The normalized spacial score (nSPS) is 18.9. The standard InChI is InChI=1S/C15H17FN2O/c1-10(2)9-18-15(19)11(3)14(8-17-18)12-5-4-6-13(16)7-12/h4-8,15,19H,1,9H2,2-3H3. The van der Waals surface area contributed by atoms with Crippen molar-refractivity contribution < 1.29 is 9.50 Å². The number of aliphatic hydroxyl groups excluding tert-OH is 1. The van der Waals surface area contributed by atoms with Crippen LogP contribution in [0.15, 0.2) is 47.1 Å². The maximum Gasteiger partial charge on any atom is 0.165 e. The molecule has 0 aromatic heterocycles. The highest BCUT2D eigenvalue weighted by molar-refractivity contribution is 6.11. The third-order valence-electron chi connectivity index (χ3n) is 3.00. The second-order valence-electron chi connectivity index (χ2n) is 4.78. The molecule has 0 saturated carbocycles. The highest BCUT2D eigenvalue weighted by atomic mass is 19.1. The lowest BCUT2D eigenvalue weighted by Crippen LogP contribution is -2.35. The minimum Gasteiger partial charge on any atom is -0.368 e. The highest BCUT2D eigenvalue weighted by Gasteiger charge is 2.22. The molecule has 19 heavy (non-hydrogen) atoms. The molecule has 1 atom stereocenters. The van der Waals surface area contributed by atoms with E-state index in [-0.39, 0.29) is 5.82 Å². The summed E-state index contributed by atoms with van der Waals surface area (Å²) in [5, 5.41) is 16.0. The van der Waals surface area contributed by atoms with Crippen molar-refractivity contribution in [2.45, 2.75) is 20.1 Å². The van der Waals surface area contributed by atoms with Gasteiger partial charge in [-0.05, 0) is 37.1 Å². The van der Waals surface area contributed by atoms with Gasteiger partial charge >= 0.3 is 0 Å². The molecule has 1 aromatic rings. The van der Waals surface area contributed by atoms with Crippen molar-refractivity contribution in [1.29, 1.82) is 0 Å². The molecule has 0 amide bonds. The van der Waals surface area contributed by atoms with Gasteiger partial charge in [-0.1, -0.05) is 24.3 Å². The molecule has 0 aliphatic carbocycles. The van der Waals surface area contributed by atoms with Crippen LogP contribution in [0.5, 0.6) is 0 Å². The van der Waals surface area contributed by atoms with Gasteiger partial charge in [0, 0.05) is 5.57 Å². The summed E-state index contributed by atoms with van der Waals surface area (Å²) in [7, 11) is 0. The number of hydrazone groups is 1. The van der Waals surface area contributed by atoms with Crippen LogP contribution in [0.1, 0.15) is 19.4 Å². The van der Waals surface area contributed by atoms with E-state index in [0.717, 1.165) is 22.3 Å². The molecular weight excluding hydrogens is 243 g/mol. The van der Waals surface area contributed by atoms with E-state index < -0.39 is 6.23 Å². The van der Waals surface area contributed by atoms with Gasteiger partial charge in [0.2, 0.25) is 0 Å². The molecule has 0 fully saturated rings. The predicted molar refractivity (Wildman–Crippen MR) is 75.0 cm³/mol. The molecule has 2 rings (SSSR count). The van der Waals surface area contributed by atoms with Crippen LogP contribution in [0.4, 0.5) is 4.39 Å². The van der Waals surface area contributed by atoms with E-state index in [9.17, 15) is 9.50 Å². The largest absolute Gasteiger partial charge is 0.368 e. The lowest BCUT2D eigenvalue weighted by molar-refractivity contribution is 0.0410. The Morgan fingerprint density at radius 1 is 1.53 bits per heavy atom. The van der Waals surface area contributed by atoms with Crippen LogP contribution in [0.3, 0.4) is 0 Å². The summed E-state index contributed by atoms with van der Waals surface area (Å²) in [5.74, 6) is -0.301. The van der Waals surface area contributed by atoms with Crippen LogP contribution in [-0.2, 0) is 0 Å². The number of allylic oxidation sites excluding steroid dienone is 1. The molecule has 3 nitrogen and oxygen atoms in total. The number of hydrogen-bond donors (Lipinski definition) is 1. The van der Waals surface area contributed by atoms with Crippen molar-refractivity contribution in [3.63, 3.8) is 0 Å². The number of benzene rings is 1. The van der Waals surface area contributed by atoms with E-state index in [2.05, 4.69) is 11.7 Å². The average Bonchev–Trinajstić information content (AvgIpc) is 2.35. The Morgan fingerprint density at radius 3 is 2.89 bits per heavy atom. The Labute approximate surface area is 112 Å². The Kier molecular flexibility index (Phi) is 3.81. The smallest absolute Gasteiger partial charge is 0.165 e. The summed E-state index contributed by atoms with van der Waals surface area (Å²) in [5.41, 5.74) is 3.14.